The maximum atomic E-state index is 13.7. The normalized spacial score (nSPS) is 10.3. The van der Waals surface area contributed by atoms with Crippen molar-refractivity contribution in [1.82, 2.24) is 4.90 Å². The van der Waals surface area contributed by atoms with Gasteiger partial charge in [0, 0.05) is 18.7 Å². The van der Waals surface area contributed by atoms with Gasteiger partial charge in [0.2, 0.25) is 5.91 Å². The third-order valence-corrected chi connectivity index (χ3v) is 3.06. The Hall–Kier alpha value is -2.20. The van der Waals surface area contributed by atoms with E-state index >= 15 is 0 Å². The average molecular weight is 272 g/mol. The smallest absolute Gasteiger partial charge is 0.236 e. The summed E-state index contributed by atoms with van der Waals surface area (Å²) < 4.78 is 13.7. The van der Waals surface area contributed by atoms with E-state index in [1.54, 1.807) is 23.1 Å². The molecular weight excluding hydrogens is 255 g/mol. The van der Waals surface area contributed by atoms with Crippen molar-refractivity contribution in [2.24, 2.45) is 5.73 Å². The van der Waals surface area contributed by atoms with Crippen LogP contribution in [0.5, 0.6) is 0 Å². The van der Waals surface area contributed by atoms with Crippen LogP contribution in [0.1, 0.15) is 11.1 Å². The van der Waals surface area contributed by atoms with E-state index in [0.29, 0.717) is 12.1 Å². The Morgan fingerprint density at radius 2 is 1.65 bits per heavy atom. The van der Waals surface area contributed by atoms with Crippen molar-refractivity contribution in [1.29, 1.82) is 0 Å². The van der Waals surface area contributed by atoms with E-state index in [9.17, 15) is 9.18 Å². The van der Waals surface area contributed by atoms with Crippen LogP contribution in [0.2, 0.25) is 0 Å². The second-order valence-corrected chi connectivity index (χ2v) is 4.53. The minimum Gasteiger partial charge on any atom is -0.333 e. The molecule has 1 amide bonds. The molecule has 0 fully saturated rings. The largest absolute Gasteiger partial charge is 0.333 e. The predicted octanol–water partition coefficient (Wildman–Crippen LogP) is 2.31. The number of halogens is 1. The van der Waals surface area contributed by atoms with Gasteiger partial charge in [-0.05, 0) is 11.6 Å². The van der Waals surface area contributed by atoms with Crippen LogP contribution in [0.3, 0.4) is 0 Å². The summed E-state index contributed by atoms with van der Waals surface area (Å²) in [5, 5.41) is 0. The number of hydrogen-bond acceptors (Lipinski definition) is 2. The number of carbonyl (C=O) groups is 1. The average Bonchev–Trinajstić information content (AvgIpc) is 2.49. The van der Waals surface area contributed by atoms with Crippen LogP contribution in [0.4, 0.5) is 4.39 Å². The Morgan fingerprint density at radius 3 is 2.30 bits per heavy atom. The molecule has 0 saturated heterocycles. The van der Waals surface area contributed by atoms with Gasteiger partial charge in [0.15, 0.2) is 0 Å². The molecule has 2 aromatic carbocycles. The lowest BCUT2D eigenvalue weighted by Crippen LogP contribution is -2.35. The molecule has 0 aromatic heterocycles. The molecule has 0 aliphatic carbocycles. The topological polar surface area (TPSA) is 46.3 Å². The molecule has 2 N–H and O–H groups in total. The third-order valence-electron chi connectivity index (χ3n) is 3.06. The van der Waals surface area contributed by atoms with E-state index < -0.39 is 0 Å². The zero-order chi connectivity index (χ0) is 14.4. The summed E-state index contributed by atoms with van der Waals surface area (Å²) in [5.41, 5.74) is 6.92. The van der Waals surface area contributed by atoms with Crippen molar-refractivity contribution >= 4 is 5.91 Å². The molecule has 0 atom stereocenters. The summed E-state index contributed by atoms with van der Waals surface area (Å²) in [6.07, 6.45) is 0. The second kappa shape index (κ2) is 6.82. The summed E-state index contributed by atoms with van der Waals surface area (Å²) in [7, 11) is 0. The first-order chi connectivity index (χ1) is 9.70. The SMILES string of the molecule is NCC(=O)N(Cc1ccccc1)Cc1ccccc1F. The molecule has 0 saturated carbocycles. The van der Waals surface area contributed by atoms with Crippen molar-refractivity contribution < 1.29 is 9.18 Å². The predicted molar refractivity (Wildman–Crippen MR) is 76.2 cm³/mol. The van der Waals surface area contributed by atoms with Gasteiger partial charge in [0.05, 0.1) is 6.54 Å². The van der Waals surface area contributed by atoms with Crippen LogP contribution < -0.4 is 5.73 Å². The summed E-state index contributed by atoms with van der Waals surface area (Å²) in [4.78, 5) is 13.5. The first kappa shape index (κ1) is 14.2. The zero-order valence-electron chi connectivity index (χ0n) is 11.1. The van der Waals surface area contributed by atoms with Crippen molar-refractivity contribution in [3.63, 3.8) is 0 Å². The molecule has 2 aromatic rings. The second-order valence-electron chi connectivity index (χ2n) is 4.53. The third kappa shape index (κ3) is 3.65. The van der Waals surface area contributed by atoms with Crippen molar-refractivity contribution in [2.75, 3.05) is 6.54 Å². The summed E-state index contributed by atoms with van der Waals surface area (Å²) in [6, 6.07) is 16.0. The highest BCUT2D eigenvalue weighted by Gasteiger charge is 2.14. The molecular formula is C16H17FN2O. The minimum atomic E-state index is -0.310. The molecule has 20 heavy (non-hydrogen) atoms. The highest BCUT2D eigenvalue weighted by atomic mass is 19.1. The number of nitrogens with two attached hydrogens (primary N) is 1. The summed E-state index contributed by atoms with van der Waals surface area (Å²) in [5.74, 6) is -0.507. The lowest BCUT2D eigenvalue weighted by Gasteiger charge is -2.22. The monoisotopic (exact) mass is 272 g/mol. The Labute approximate surface area is 117 Å². The van der Waals surface area contributed by atoms with Crippen LogP contribution in [0.25, 0.3) is 0 Å². The molecule has 0 aliphatic rings. The van der Waals surface area contributed by atoms with Crippen LogP contribution in [-0.4, -0.2) is 17.4 Å². The van der Waals surface area contributed by atoms with Crippen LogP contribution >= 0.6 is 0 Å². The number of amides is 1. The van der Waals surface area contributed by atoms with Crippen molar-refractivity contribution in [2.45, 2.75) is 13.1 Å². The molecule has 104 valence electrons. The minimum absolute atomic E-state index is 0.0821. The van der Waals surface area contributed by atoms with Gasteiger partial charge in [-0.1, -0.05) is 48.5 Å². The number of nitrogens with zero attached hydrogens (tertiary/aromatic N) is 1. The number of rotatable bonds is 5. The van der Waals surface area contributed by atoms with E-state index in [2.05, 4.69) is 0 Å². The van der Waals surface area contributed by atoms with Gasteiger partial charge in [0.1, 0.15) is 5.82 Å². The Kier molecular flexibility index (Phi) is 4.85. The summed E-state index contributed by atoms with van der Waals surface area (Å²) in [6.45, 7) is 0.560. The molecule has 0 spiro atoms. The fourth-order valence-corrected chi connectivity index (χ4v) is 2.00. The molecule has 0 aliphatic heterocycles. The standard InChI is InChI=1S/C16H17FN2O/c17-15-9-5-4-8-14(15)12-19(16(20)10-18)11-13-6-2-1-3-7-13/h1-9H,10-12,18H2. The molecule has 4 heteroatoms. The lowest BCUT2D eigenvalue weighted by atomic mass is 10.1. The van der Waals surface area contributed by atoms with Crippen LogP contribution in [0, 0.1) is 5.82 Å². The first-order valence-electron chi connectivity index (χ1n) is 6.46. The van der Waals surface area contributed by atoms with Gasteiger partial charge in [-0.3, -0.25) is 4.79 Å². The van der Waals surface area contributed by atoms with E-state index in [4.69, 9.17) is 5.73 Å². The number of benzene rings is 2. The highest BCUT2D eigenvalue weighted by Crippen LogP contribution is 2.13. The Morgan fingerprint density at radius 1 is 1.00 bits per heavy atom. The molecule has 0 heterocycles. The molecule has 0 unspecified atom stereocenters. The van der Waals surface area contributed by atoms with E-state index in [1.165, 1.54) is 6.07 Å². The van der Waals surface area contributed by atoms with Gasteiger partial charge in [0.25, 0.3) is 0 Å². The van der Waals surface area contributed by atoms with Crippen molar-refractivity contribution in [3.05, 3.63) is 71.5 Å². The van der Waals surface area contributed by atoms with Gasteiger partial charge < -0.3 is 10.6 Å². The van der Waals surface area contributed by atoms with Gasteiger partial charge in [-0.2, -0.15) is 0 Å². The number of carbonyl (C=O) groups excluding carboxylic acids is 1. The molecule has 3 nitrogen and oxygen atoms in total. The lowest BCUT2D eigenvalue weighted by molar-refractivity contribution is -0.130. The Balaban J connectivity index is 2.16. The zero-order valence-corrected chi connectivity index (χ0v) is 11.1. The van der Waals surface area contributed by atoms with Crippen LogP contribution in [-0.2, 0) is 17.9 Å². The fourth-order valence-electron chi connectivity index (χ4n) is 2.00. The van der Waals surface area contributed by atoms with Gasteiger partial charge in [-0.25, -0.2) is 4.39 Å². The molecule has 0 bridgehead atoms. The van der Waals surface area contributed by atoms with Gasteiger partial charge in [-0.15, -0.1) is 0 Å². The quantitative estimate of drug-likeness (QED) is 0.908. The van der Waals surface area contributed by atoms with E-state index in [1.807, 2.05) is 30.3 Å². The molecule has 0 radical (unpaired) electrons. The maximum absolute atomic E-state index is 13.7. The van der Waals surface area contributed by atoms with Gasteiger partial charge >= 0.3 is 0 Å². The maximum Gasteiger partial charge on any atom is 0.236 e. The van der Waals surface area contributed by atoms with E-state index in [-0.39, 0.29) is 24.8 Å². The van der Waals surface area contributed by atoms with Crippen molar-refractivity contribution in [3.8, 4) is 0 Å². The van der Waals surface area contributed by atoms with Crippen LogP contribution in [0.15, 0.2) is 54.6 Å². The van der Waals surface area contributed by atoms with E-state index in [0.717, 1.165) is 5.56 Å². The summed E-state index contributed by atoms with van der Waals surface area (Å²) >= 11 is 0. The first-order valence-corrected chi connectivity index (χ1v) is 6.46. The fraction of sp³-hybridized carbons (Fsp3) is 0.188. The highest BCUT2D eigenvalue weighted by molar-refractivity contribution is 5.78. The Bertz CT molecular complexity index is 572. The molecule has 2 rings (SSSR count). The number of hydrogen-bond donors (Lipinski definition) is 1.